The normalized spacial score (nSPS) is 10.9. The number of aromatic amines is 2. The van der Waals surface area contributed by atoms with E-state index in [4.69, 9.17) is 23.2 Å². The Morgan fingerprint density at radius 2 is 1.82 bits per heavy atom. The first-order valence-corrected chi connectivity index (χ1v) is 9.85. The van der Waals surface area contributed by atoms with Crippen LogP contribution in [0.25, 0.3) is 22.3 Å². The standard InChI is InChI=1S/C19H11Cl2N5OS/c20-12-6-14-15(7-13(12)21)24-16(23-14)9-28-19-25-17(10-4-2-1-3-5-10)11(8-22)18(27)26-19/h1-7H,9H2,(H,23,24)(H,25,26,27). The van der Waals surface area contributed by atoms with Gasteiger partial charge in [0.2, 0.25) is 0 Å². The fourth-order valence-corrected chi connectivity index (χ4v) is 3.74. The summed E-state index contributed by atoms with van der Waals surface area (Å²) in [4.78, 5) is 27.1. The van der Waals surface area contributed by atoms with Gasteiger partial charge in [0, 0.05) is 5.56 Å². The first-order chi connectivity index (χ1) is 13.5. The van der Waals surface area contributed by atoms with Crippen LogP contribution in [0.1, 0.15) is 11.4 Å². The number of halogens is 2. The molecule has 0 bridgehead atoms. The summed E-state index contributed by atoms with van der Waals surface area (Å²) in [6, 6.07) is 14.5. The number of thioether (sulfide) groups is 1. The Kier molecular flexibility index (Phi) is 5.09. The summed E-state index contributed by atoms with van der Waals surface area (Å²) >= 11 is 13.4. The molecule has 138 valence electrons. The lowest BCUT2D eigenvalue weighted by Crippen LogP contribution is -2.14. The van der Waals surface area contributed by atoms with Crippen LogP contribution in [0.5, 0.6) is 0 Å². The van der Waals surface area contributed by atoms with Gasteiger partial charge in [0.25, 0.3) is 5.56 Å². The van der Waals surface area contributed by atoms with Gasteiger partial charge in [0.05, 0.1) is 32.5 Å². The van der Waals surface area contributed by atoms with E-state index in [0.29, 0.717) is 43.6 Å². The molecular weight excluding hydrogens is 417 g/mol. The first kappa shape index (κ1) is 18.6. The smallest absolute Gasteiger partial charge is 0.270 e. The second-order valence-electron chi connectivity index (χ2n) is 5.83. The van der Waals surface area contributed by atoms with E-state index < -0.39 is 5.56 Å². The van der Waals surface area contributed by atoms with Crippen molar-refractivity contribution < 1.29 is 0 Å². The first-order valence-electron chi connectivity index (χ1n) is 8.11. The minimum Gasteiger partial charge on any atom is -0.341 e. The van der Waals surface area contributed by atoms with Crippen LogP contribution >= 0.6 is 35.0 Å². The van der Waals surface area contributed by atoms with Crippen molar-refractivity contribution in [1.82, 2.24) is 19.9 Å². The number of nitrogens with one attached hydrogen (secondary N) is 2. The Morgan fingerprint density at radius 1 is 1.07 bits per heavy atom. The maximum absolute atomic E-state index is 12.3. The van der Waals surface area contributed by atoms with Gasteiger partial charge in [-0.25, -0.2) is 9.97 Å². The second-order valence-corrected chi connectivity index (χ2v) is 7.61. The second kappa shape index (κ2) is 7.68. The van der Waals surface area contributed by atoms with Crippen molar-refractivity contribution in [3.8, 4) is 17.3 Å². The highest BCUT2D eigenvalue weighted by molar-refractivity contribution is 7.98. The van der Waals surface area contributed by atoms with Crippen LogP contribution in [-0.2, 0) is 5.75 Å². The van der Waals surface area contributed by atoms with Crippen LogP contribution in [0.3, 0.4) is 0 Å². The largest absolute Gasteiger partial charge is 0.341 e. The summed E-state index contributed by atoms with van der Waals surface area (Å²) in [7, 11) is 0. The topological polar surface area (TPSA) is 98.2 Å². The van der Waals surface area contributed by atoms with Crippen molar-refractivity contribution in [3.63, 3.8) is 0 Å². The molecule has 0 amide bonds. The number of nitrogens with zero attached hydrogens (tertiary/aromatic N) is 3. The molecule has 0 aliphatic heterocycles. The molecule has 0 atom stereocenters. The monoisotopic (exact) mass is 427 g/mol. The average molecular weight is 428 g/mol. The molecule has 0 aliphatic carbocycles. The number of benzene rings is 2. The number of rotatable bonds is 4. The number of hydrogen-bond acceptors (Lipinski definition) is 5. The fourth-order valence-electron chi connectivity index (χ4n) is 2.69. The number of hydrogen-bond donors (Lipinski definition) is 2. The highest BCUT2D eigenvalue weighted by atomic mass is 35.5. The van der Waals surface area contributed by atoms with Gasteiger partial charge in [-0.2, -0.15) is 5.26 Å². The van der Waals surface area contributed by atoms with Gasteiger partial charge < -0.3 is 9.97 Å². The highest BCUT2D eigenvalue weighted by Gasteiger charge is 2.14. The molecule has 2 heterocycles. The van der Waals surface area contributed by atoms with Crippen molar-refractivity contribution in [3.05, 3.63) is 74.3 Å². The van der Waals surface area contributed by atoms with E-state index in [1.54, 1.807) is 12.1 Å². The van der Waals surface area contributed by atoms with Crippen molar-refractivity contribution in [2.24, 2.45) is 0 Å². The lowest BCUT2D eigenvalue weighted by Gasteiger charge is -2.05. The molecule has 0 fully saturated rings. The summed E-state index contributed by atoms with van der Waals surface area (Å²) in [6.45, 7) is 0. The summed E-state index contributed by atoms with van der Waals surface area (Å²) in [5.41, 5.74) is 2.07. The van der Waals surface area contributed by atoms with Gasteiger partial charge in [0.15, 0.2) is 5.16 Å². The Balaban J connectivity index is 1.65. The summed E-state index contributed by atoms with van der Waals surface area (Å²) in [5, 5.41) is 10.6. The Morgan fingerprint density at radius 3 is 2.57 bits per heavy atom. The molecule has 2 N–H and O–H groups in total. The van der Waals surface area contributed by atoms with E-state index in [1.807, 2.05) is 36.4 Å². The van der Waals surface area contributed by atoms with E-state index in [2.05, 4.69) is 19.9 Å². The van der Waals surface area contributed by atoms with Crippen molar-refractivity contribution in [2.45, 2.75) is 10.9 Å². The third kappa shape index (κ3) is 3.62. The number of aromatic nitrogens is 4. The molecule has 0 spiro atoms. The van der Waals surface area contributed by atoms with Gasteiger partial charge in [-0.1, -0.05) is 65.3 Å². The molecule has 0 aliphatic rings. The van der Waals surface area contributed by atoms with Crippen molar-refractivity contribution in [2.75, 3.05) is 0 Å². The zero-order valence-corrected chi connectivity index (χ0v) is 16.5. The van der Waals surface area contributed by atoms with Crippen LogP contribution in [0.2, 0.25) is 10.0 Å². The minimum absolute atomic E-state index is 0.0106. The minimum atomic E-state index is -0.470. The number of nitriles is 1. The zero-order valence-electron chi connectivity index (χ0n) is 14.2. The highest BCUT2D eigenvalue weighted by Crippen LogP contribution is 2.28. The molecule has 0 unspecified atom stereocenters. The average Bonchev–Trinajstić information content (AvgIpc) is 3.08. The van der Waals surface area contributed by atoms with Gasteiger partial charge in [-0.15, -0.1) is 0 Å². The molecule has 28 heavy (non-hydrogen) atoms. The van der Waals surface area contributed by atoms with E-state index >= 15 is 0 Å². The van der Waals surface area contributed by atoms with Crippen LogP contribution in [-0.4, -0.2) is 19.9 Å². The predicted molar refractivity (Wildman–Crippen MR) is 111 cm³/mol. The maximum Gasteiger partial charge on any atom is 0.270 e. The number of imidazole rings is 1. The molecule has 0 radical (unpaired) electrons. The fraction of sp³-hybridized carbons (Fsp3) is 0.0526. The summed E-state index contributed by atoms with van der Waals surface area (Å²) in [6.07, 6.45) is 0. The lowest BCUT2D eigenvalue weighted by atomic mass is 10.1. The number of H-pyrrole nitrogens is 2. The zero-order chi connectivity index (χ0) is 19.7. The molecule has 4 aromatic rings. The van der Waals surface area contributed by atoms with Crippen LogP contribution in [0.4, 0.5) is 0 Å². The van der Waals surface area contributed by atoms with Gasteiger partial charge in [-0.3, -0.25) is 4.79 Å². The van der Waals surface area contributed by atoms with E-state index in [1.165, 1.54) is 11.8 Å². The molecule has 0 saturated heterocycles. The van der Waals surface area contributed by atoms with Crippen LogP contribution in [0.15, 0.2) is 52.4 Å². The SMILES string of the molecule is N#Cc1c(-c2ccccc2)nc(SCc2nc3cc(Cl)c(Cl)cc3[nH]2)[nH]c1=O. The predicted octanol–water partition coefficient (Wildman–Crippen LogP) is 4.78. The van der Waals surface area contributed by atoms with E-state index in [0.717, 1.165) is 5.52 Å². The number of fused-ring (bicyclic) bond motifs is 1. The Bertz CT molecular complexity index is 1240. The summed E-state index contributed by atoms with van der Waals surface area (Å²) < 4.78 is 0. The van der Waals surface area contributed by atoms with Gasteiger partial charge in [-0.05, 0) is 12.1 Å². The molecule has 6 nitrogen and oxygen atoms in total. The van der Waals surface area contributed by atoms with Crippen molar-refractivity contribution >= 4 is 46.0 Å². The Hall–Kier alpha value is -2.79. The molecule has 9 heteroatoms. The molecule has 0 saturated carbocycles. The summed E-state index contributed by atoms with van der Waals surface area (Å²) in [5.74, 6) is 1.12. The third-order valence-electron chi connectivity index (χ3n) is 3.98. The van der Waals surface area contributed by atoms with Crippen LogP contribution < -0.4 is 5.56 Å². The third-order valence-corrected chi connectivity index (χ3v) is 5.58. The van der Waals surface area contributed by atoms with E-state index in [9.17, 15) is 10.1 Å². The Labute approximate surface area is 173 Å². The van der Waals surface area contributed by atoms with Gasteiger partial charge in [0.1, 0.15) is 17.5 Å². The van der Waals surface area contributed by atoms with Crippen molar-refractivity contribution in [1.29, 1.82) is 5.26 Å². The van der Waals surface area contributed by atoms with Gasteiger partial charge >= 0.3 is 0 Å². The van der Waals surface area contributed by atoms with Crippen LogP contribution in [0, 0.1) is 11.3 Å². The molecule has 2 aromatic heterocycles. The quantitative estimate of drug-likeness (QED) is 0.360. The molecule has 4 rings (SSSR count). The molecule has 2 aromatic carbocycles. The van der Waals surface area contributed by atoms with E-state index in [-0.39, 0.29) is 5.56 Å². The lowest BCUT2D eigenvalue weighted by molar-refractivity contribution is 0.932. The maximum atomic E-state index is 12.3. The molecular formula is C19H11Cl2N5OS.